The van der Waals surface area contributed by atoms with E-state index in [1.54, 1.807) is 6.20 Å². The number of imidazole rings is 1. The van der Waals surface area contributed by atoms with Gasteiger partial charge in [0.1, 0.15) is 6.33 Å². The maximum atomic E-state index is 4.45. The fourth-order valence-corrected chi connectivity index (χ4v) is 2.53. The largest absolute Gasteiger partial charge is 0.299 e. The average molecular weight is 271 g/mol. The lowest BCUT2D eigenvalue weighted by atomic mass is 10.1. The molecule has 0 fully saturated rings. The summed E-state index contributed by atoms with van der Waals surface area (Å²) in [6.45, 7) is 0. The number of pyridine rings is 1. The van der Waals surface area contributed by atoms with Crippen molar-refractivity contribution < 1.29 is 0 Å². The molecule has 0 radical (unpaired) electrons. The van der Waals surface area contributed by atoms with Gasteiger partial charge in [0.25, 0.3) is 0 Å². The molecule has 0 spiro atoms. The van der Waals surface area contributed by atoms with Crippen molar-refractivity contribution in [3.63, 3.8) is 0 Å². The van der Waals surface area contributed by atoms with E-state index in [-0.39, 0.29) is 0 Å². The Morgan fingerprint density at radius 1 is 0.810 bits per heavy atom. The standard InChI is InChI=1S/C18H13N3/c1-2-9-18-17(8-1)20-13-21(18)16-7-3-5-14(11-16)15-6-4-10-19-12-15/h1-13H. The molecule has 2 aromatic carbocycles. The van der Waals surface area contributed by atoms with Crippen LogP contribution in [0.2, 0.25) is 0 Å². The van der Waals surface area contributed by atoms with Gasteiger partial charge in [0.2, 0.25) is 0 Å². The number of fused-ring (bicyclic) bond motifs is 1. The number of nitrogens with zero attached hydrogens (tertiary/aromatic N) is 3. The first-order valence-electron chi connectivity index (χ1n) is 6.85. The third kappa shape index (κ3) is 2.09. The van der Waals surface area contributed by atoms with Crippen LogP contribution < -0.4 is 0 Å². The minimum Gasteiger partial charge on any atom is -0.299 e. The molecule has 0 unspecified atom stereocenters. The molecule has 0 aliphatic rings. The van der Waals surface area contributed by atoms with Gasteiger partial charge in [-0.2, -0.15) is 0 Å². The summed E-state index contributed by atoms with van der Waals surface area (Å²) in [6, 6.07) is 20.6. The first kappa shape index (κ1) is 11.9. The lowest BCUT2D eigenvalue weighted by Gasteiger charge is -2.07. The molecule has 2 heterocycles. The minimum absolute atomic E-state index is 1.00. The van der Waals surface area contributed by atoms with Crippen LogP contribution in [-0.2, 0) is 0 Å². The van der Waals surface area contributed by atoms with Crippen LogP contribution in [0.15, 0.2) is 79.4 Å². The van der Waals surface area contributed by atoms with Crippen LogP contribution in [0.25, 0.3) is 27.8 Å². The Labute approximate surface area is 122 Å². The van der Waals surface area contributed by atoms with E-state index in [4.69, 9.17) is 0 Å². The number of hydrogen-bond acceptors (Lipinski definition) is 2. The van der Waals surface area contributed by atoms with Gasteiger partial charge in [-0.3, -0.25) is 9.55 Å². The highest BCUT2D eigenvalue weighted by atomic mass is 15.0. The van der Waals surface area contributed by atoms with Gasteiger partial charge in [-0.1, -0.05) is 30.3 Å². The Morgan fingerprint density at radius 2 is 1.71 bits per heavy atom. The van der Waals surface area contributed by atoms with Crippen molar-refractivity contribution in [3.05, 3.63) is 79.4 Å². The summed E-state index contributed by atoms with van der Waals surface area (Å²) in [5.41, 5.74) is 5.48. The molecule has 3 heteroatoms. The fraction of sp³-hybridized carbons (Fsp3) is 0. The van der Waals surface area contributed by atoms with Gasteiger partial charge >= 0.3 is 0 Å². The molecule has 0 N–H and O–H groups in total. The summed E-state index contributed by atoms with van der Waals surface area (Å²) in [6.07, 6.45) is 5.54. The van der Waals surface area contributed by atoms with Crippen LogP contribution in [0, 0.1) is 0 Å². The molecule has 0 amide bonds. The summed E-state index contributed by atoms with van der Waals surface area (Å²) < 4.78 is 2.11. The Bertz CT molecular complexity index is 894. The average Bonchev–Trinajstić information content (AvgIpc) is 3.00. The highest BCUT2D eigenvalue weighted by Crippen LogP contribution is 2.23. The normalized spacial score (nSPS) is 10.9. The van der Waals surface area contributed by atoms with Gasteiger partial charge in [0.05, 0.1) is 11.0 Å². The van der Waals surface area contributed by atoms with Crippen molar-refractivity contribution in [1.29, 1.82) is 0 Å². The van der Waals surface area contributed by atoms with Crippen LogP contribution in [0.3, 0.4) is 0 Å². The number of benzene rings is 2. The van der Waals surface area contributed by atoms with E-state index in [1.165, 1.54) is 0 Å². The van der Waals surface area contributed by atoms with Crippen molar-refractivity contribution in [2.24, 2.45) is 0 Å². The topological polar surface area (TPSA) is 30.7 Å². The van der Waals surface area contributed by atoms with Gasteiger partial charge in [-0.05, 0) is 35.9 Å². The fourth-order valence-electron chi connectivity index (χ4n) is 2.53. The highest BCUT2D eigenvalue weighted by Gasteiger charge is 2.05. The molecular weight excluding hydrogens is 258 g/mol. The molecule has 21 heavy (non-hydrogen) atoms. The maximum Gasteiger partial charge on any atom is 0.100 e. The predicted molar refractivity (Wildman–Crippen MR) is 84.3 cm³/mol. The van der Waals surface area contributed by atoms with E-state index < -0.39 is 0 Å². The summed E-state index contributed by atoms with van der Waals surface area (Å²) in [4.78, 5) is 8.63. The van der Waals surface area contributed by atoms with E-state index in [0.717, 1.165) is 27.8 Å². The predicted octanol–water partition coefficient (Wildman–Crippen LogP) is 4.09. The molecule has 4 rings (SSSR count). The van der Waals surface area contributed by atoms with Crippen LogP contribution in [0.5, 0.6) is 0 Å². The van der Waals surface area contributed by atoms with E-state index in [0.29, 0.717) is 0 Å². The molecule has 0 aliphatic carbocycles. The molecule has 100 valence electrons. The molecule has 0 saturated carbocycles. The van der Waals surface area contributed by atoms with Crippen LogP contribution in [0.4, 0.5) is 0 Å². The van der Waals surface area contributed by atoms with Crippen LogP contribution in [-0.4, -0.2) is 14.5 Å². The zero-order valence-corrected chi connectivity index (χ0v) is 11.3. The summed E-state index contributed by atoms with van der Waals surface area (Å²) in [7, 11) is 0. The number of hydrogen-bond donors (Lipinski definition) is 0. The van der Waals surface area contributed by atoms with Gasteiger partial charge < -0.3 is 0 Å². The molecule has 0 aliphatic heterocycles. The Balaban J connectivity index is 1.87. The van der Waals surface area contributed by atoms with Crippen LogP contribution in [0.1, 0.15) is 0 Å². The third-order valence-electron chi connectivity index (χ3n) is 3.57. The lowest BCUT2D eigenvalue weighted by molar-refractivity contribution is 1.09. The smallest absolute Gasteiger partial charge is 0.100 e. The molecule has 0 saturated heterocycles. The van der Waals surface area contributed by atoms with Crippen LogP contribution >= 0.6 is 0 Å². The SMILES string of the molecule is c1cncc(-c2cccc(-n3cnc4ccccc43)c2)c1. The van der Waals surface area contributed by atoms with Crippen molar-refractivity contribution in [2.75, 3.05) is 0 Å². The highest BCUT2D eigenvalue weighted by molar-refractivity contribution is 5.78. The quantitative estimate of drug-likeness (QED) is 0.550. The van der Waals surface area contributed by atoms with Gasteiger partial charge in [-0.15, -0.1) is 0 Å². The molecule has 0 atom stereocenters. The third-order valence-corrected chi connectivity index (χ3v) is 3.57. The monoisotopic (exact) mass is 271 g/mol. The Hall–Kier alpha value is -2.94. The molecule has 3 nitrogen and oxygen atoms in total. The Kier molecular flexibility index (Phi) is 2.75. The summed E-state index contributed by atoms with van der Waals surface area (Å²) >= 11 is 0. The summed E-state index contributed by atoms with van der Waals surface area (Å²) in [5, 5.41) is 0. The molecule has 2 aromatic heterocycles. The first-order chi connectivity index (χ1) is 10.4. The van der Waals surface area contributed by atoms with Crippen molar-refractivity contribution in [2.45, 2.75) is 0 Å². The first-order valence-corrected chi connectivity index (χ1v) is 6.85. The second-order valence-corrected chi connectivity index (χ2v) is 4.90. The van der Waals surface area contributed by atoms with E-state index in [2.05, 4.69) is 50.9 Å². The zero-order valence-electron chi connectivity index (χ0n) is 11.3. The van der Waals surface area contributed by atoms with Crippen molar-refractivity contribution >= 4 is 11.0 Å². The number of para-hydroxylation sites is 2. The molecule has 4 aromatic rings. The van der Waals surface area contributed by atoms with Gasteiger partial charge in [0, 0.05) is 23.6 Å². The molecular formula is C18H13N3. The number of aromatic nitrogens is 3. The second-order valence-electron chi connectivity index (χ2n) is 4.90. The summed E-state index contributed by atoms with van der Waals surface area (Å²) in [5.74, 6) is 0. The Morgan fingerprint density at radius 3 is 2.62 bits per heavy atom. The van der Waals surface area contributed by atoms with E-state index in [1.807, 2.05) is 36.8 Å². The second kappa shape index (κ2) is 4.87. The van der Waals surface area contributed by atoms with Gasteiger partial charge in [0.15, 0.2) is 0 Å². The lowest BCUT2D eigenvalue weighted by Crippen LogP contribution is -1.92. The van der Waals surface area contributed by atoms with Crippen molar-refractivity contribution in [3.8, 4) is 16.8 Å². The number of rotatable bonds is 2. The maximum absolute atomic E-state index is 4.45. The molecule has 0 bridgehead atoms. The van der Waals surface area contributed by atoms with Crippen molar-refractivity contribution in [1.82, 2.24) is 14.5 Å². The zero-order chi connectivity index (χ0) is 14.1. The van der Waals surface area contributed by atoms with Gasteiger partial charge in [-0.25, -0.2) is 4.98 Å². The minimum atomic E-state index is 1.00. The van der Waals surface area contributed by atoms with E-state index in [9.17, 15) is 0 Å². The van der Waals surface area contributed by atoms with E-state index >= 15 is 0 Å².